The number of anilines is 1. The summed E-state index contributed by atoms with van der Waals surface area (Å²) in [6.07, 6.45) is 5.43. The highest BCUT2D eigenvalue weighted by Gasteiger charge is 2.32. The van der Waals surface area contributed by atoms with Crippen LogP contribution in [0.15, 0.2) is 73.3 Å². The van der Waals surface area contributed by atoms with E-state index in [4.69, 9.17) is 4.74 Å². The molecule has 1 fully saturated rings. The van der Waals surface area contributed by atoms with Crippen LogP contribution in [0.4, 0.5) is 15.0 Å². The zero-order chi connectivity index (χ0) is 22.6. The van der Waals surface area contributed by atoms with E-state index in [2.05, 4.69) is 20.4 Å². The zero-order valence-corrected chi connectivity index (χ0v) is 17.8. The molecule has 4 aromatic rings. The first kappa shape index (κ1) is 20.9. The molecule has 1 saturated heterocycles. The Balaban J connectivity index is 1.26. The van der Waals surface area contributed by atoms with Gasteiger partial charge >= 0.3 is 6.09 Å². The standard InChI is InChI=1S/C24H23FN6O2/c25-19-9-11-30(24(32)33-16-17-6-2-1-3-7-17)15-21(19)29-23-14-26-13-20(28-23)18-12-27-31-10-5-4-8-22(18)31/h1-8,10,12-14,19,21H,9,11,15-16H2,(H,28,29). The Morgan fingerprint density at radius 3 is 2.85 bits per heavy atom. The summed E-state index contributed by atoms with van der Waals surface area (Å²) >= 11 is 0. The van der Waals surface area contributed by atoms with Crippen LogP contribution in [0, 0.1) is 0 Å². The monoisotopic (exact) mass is 446 g/mol. The molecule has 0 saturated carbocycles. The van der Waals surface area contributed by atoms with Crippen molar-refractivity contribution >= 4 is 17.4 Å². The molecule has 4 heterocycles. The minimum Gasteiger partial charge on any atom is -0.445 e. The lowest BCUT2D eigenvalue weighted by Crippen LogP contribution is -2.51. The molecule has 1 N–H and O–H groups in total. The predicted octanol–water partition coefficient (Wildman–Crippen LogP) is 3.95. The number of fused-ring (bicyclic) bond motifs is 1. The average molecular weight is 446 g/mol. The van der Waals surface area contributed by atoms with E-state index >= 15 is 0 Å². The van der Waals surface area contributed by atoms with Gasteiger partial charge in [0.15, 0.2) is 0 Å². The molecule has 2 unspecified atom stereocenters. The van der Waals surface area contributed by atoms with Crippen molar-refractivity contribution < 1.29 is 13.9 Å². The minimum atomic E-state index is -1.12. The maximum absolute atomic E-state index is 14.7. The Hall–Kier alpha value is -4.01. The molecule has 8 nitrogen and oxygen atoms in total. The third-order valence-corrected chi connectivity index (χ3v) is 5.66. The number of halogens is 1. The summed E-state index contributed by atoms with van der Waals surface area (Å²) in [5.41, 5.74) is 3.27. The van der Waals surface area contributed by atoms with Crippen molar-refractivity contribution in [2.75, 3.05) is 18.4 Å². The van der Waals surface area contributed by atoms with Gasteiger partial charge in [-0.25, -0.2) is 18.7 Å². The number of carbonyl (C=O) groups is 1. The quantitative estimate of drug-likeness (QED) is 0.500. The Morgan fingerprint density at radius 1 is 1.12 bits per heavy atom. The molecular weight excluding hydrogens is 423 g/mol. The van der Waals surface area contributed by atoms with Crippen LogP contribution in [0.25, 0.3) is 16.8 Å². The van der Waals surface area contributed by atoms with E-state index in [9.17, 15) is 9.18 Å². The third-order valence-electron chi connectivity index (χ3n) is 5.66. The zero-order valence-electron chi connectivity index (χ0n) is 17.8. The van der Waals surface area contributed by atoms with Gasteiger partial charge in [0, 0.05) is 24.8 Å². The second-order valence-corrected chi connectivity index (χ2v) is 7.92. The lowest BCUT2D eigenvalue weighted by Gasteiger charge is -2.35. The van der Waals surface area contributed by atoms with Crippen LogP contribution in [0.2, 0.25) is 0 Å². The number of hydrogen-bond acceptors (Lipinski definition) is 6. The van der Waals surface area contributed by atoms with Gasteiger partial charge in [-0.1, -0.05) is 36.4 Å². The smallest absolute Gasteiger partial charge is 0.410 e. The lowest BCUT2D eigenvalue weighted by atomic mass is 10.0. The number of pyridine rings is 1. The van der Waals surface area contributed by atoms with Crippen molar-refractivity contribution in [2.45, 2.75) is 25.2 Å². The van der Waals surface area contributed by atoms with E-state index in [1.165, 1.54) is 4.90 Å². The van der Waals surface area contributed by atoms with E-state index in [1.807, 2.05) is 54.7 Å². The normalized spacial score (nSPS) is 18.3. The molecule has 0 spiro atoms. The van der Waals surface area contributed by atoms with Gasteiger partial charge in [0.1, 0.15) is 18.6 Å². The molecule has 1 aromatic carbocycles. The van der Waals surface area contributed by atoms with Crippen LogP contribution in [-0.2, 0) is 11.3 Å². The molecule has 33 heavy (non-hydrogen) atoms. The van der Waals surface area contributed by atoms with Crippen molar-refractivity contribution in [1.29, 1.82) is 0 Å². The fourth-order valence-electron chi connectivity index (χ4n) is 3.92. The van der Waals surface area contributed by atoms with Crippen LogP contribution in [-0.4, -0.2) is 55.9 Å². The second-order valence-electron chi connectivity index (χ2n) is 7.92. The summed E-state index contributed by atoms with van der Waals surface area (Å²) in [7, 11) is 0. The molecule has 0 aliphatic carbocycles. The van der Waals surface area contributed by atoms with Gasteiger partial charge < -0.3 is 15.0 Å². The summed E-state index contributed by atoms with van der Waals surface area (Å²) in [6, 6.07) is 14.6. The number of piperidine rings is 1. The number of carbonyl (C=O) groups excluding carboxylic acids is 1. The van der Waals surface area contributed by atoms with E-state index in [-0.39, 0.29) is 19.6 Å². The fourth-order valence-corrected chi connectivity index (χ4v) is 3.92. The molecule has 9 heteroatoms. The highest BCUT2D eigenvalue weighted by molar-refractivity contribution is 5.77. The molecule has 0 bridgehead atoms. The van der Waals surface area contributed by atoms with Crippen LogP contribution in [0.3, 0.4) is 0 Å². The summed E-state index contributed by atoms with van der Waals surface area (Å²) in [5, 5.41) is 7.45. The van der Waals surface area contributed by atoms with Crippen LogP contribution in [0.5, 0.6) is 0 Å². The highest BCUT2D eigenvalue weighted by Crippen LogP contribution is 2.24. The molecule has 2 atom stereocenters. The number of hydrogen-bond donors (Lipinski definition) is 1. The van der Waals surface area contributed by atoms with Crippen LogP contribution >= 0.6 is 0 Å². The van der Waals surface area contributed by atoms with Gasteiger partial charge in [-0.3, -0.25) is 4.98 Å². The van der Waals surface area contributed by atoms with Gasteiger partial charge in [0.25, 0.3) is 0 Å². The fraction of sp³-hybridized carbons (Fsp3) is 0.250. The molecule has 168 valence electrons. The van der Waals surface area contributed by atoms with E-state index in [0.29, 0.717) is 18.1 Å². The third kappa shape index (κ3) is 4.62. The molecular formula is C24H23FN6O2. The number of ether oxygens (including phenoxy) is 1. The average Bonchev–Trinajstić information content (AvgIpc) is 3.29. The number of likely N-dealkylation sites (tertiary alicyclic amines) is 1. The largest absolute Gasteiger partial charge is 0.445 e. The molecule has 1 aliphatic rings. The molecule has 3 aromatic heterocycles. The van der Waals surface area contributed by atoms with Gasteiger partial charge in [0.2, 0.25) is 0 Å². The van der Waals surface area contributed by atoms with Crippen LogP contribution < -0.4 is 5.32 Å². The maximum Gasteiger partial charge on any atom is 0.410 e. The van der Waals surface area contributed by atoms with Crippen molar-refractivity contribution in [3.8, 4) is 11.3 Å². The Morgan fingerprint density at radius 2 is 1.97 bits per heavy atom. The number of alkyl halides is 1. The molecule has 0 radical (unpaired) electrons. The van der Waals surface area contributed by atoms with Crippen LogP contribution in [0.1, 0.15) is 12.0 Å². The number of nitrogens with zero attached hydrogens (tertiary/aromatic N) is 5. The van der Waals surface area contributed by atoms with E-state index < -0.39 is 18.3 Å². The Kier molecular flexibility index (Phi) is 5.84. The molecule has 1 aliphatic heterocycles. The first-order chi connectivity index (χ1) is 16.2. The first-order valence-electron chi connectivity index (χ1n) is 10.8. The number of amides is 1. The number of benzene rings is 1. The topological polar surface area (TPSA) is 84.6 Å². The van der Waals surface area contributed by atoms with E-state index in [1.54, 1.807) is 23.1 Å². The second kappa shape index (κ2) is 9.23. The van der Waals surface area contributed by atoms with Crippen molar-refractivity contribution in [1.82, 2.24) is 24.5 Å². The van der Waals surface area contributed by atoms with Gasteiger partial charge in [0.05, 0.1) is 35.8 Å². The minimum absolute atomic E-state index is 0.178. The van der Waals surface area contributed by atoms with Gasteiger partial charge in [-0.2, -0.15) is 5.10 Å². The highest BCUT2D eigenvalue weighted by atomic mass is 19.1. The summed E-state index contributed by atoms with van der Waals surface area (Å²) in [6.45, 7) is 0.666. The lowest BCUT2D eigenvalue weighted by molar-refractivity contribution is 0.0729. The summed E-state index contributed by atoms with van der Waals surface area (Å²) in [4.78, 5) is 22.9. The van der Waals surface area contributed by atoms with E-state index in [0.717, 1.165) is 16.6 Å². The number of nitrogens with one attached hydrogen (secondary N) is 1. The molecule has 1 amide bonds. The SMILES string of the molecule is O=C(OCc1ccccc1)N1CCC(F)C(Nc2cncc(-c3cnn4ccccc34)n2)C1. The van der Waals surface area contributed by atoms with Gasteiger partial charge in [-0.15, -0.1) is 0 Å². The summed E-state index contributed by atoms with van der Waals surface area (Å²) in [5.74, 6) is 0.440. The van der Waals surface area contributed by atoms with Crippen molar-refractivity contribution in [3.63, 3.8) is 0 Å². The number of rotatable bonds is 5. The Labute approximate surface area is 190 Å². The van der Waals surface area contributed by atoms with Crippen molar-refractivity contribution in [2.24, 2.45) is 0 Å². The predicted molar refractivity (Wildman–Crippen MR) is 121 cm³/mol. The number of aromatic nitrogens is 4. The van der Waals surface area contributed by atoms with Crippen molar-refractivity contribution in [3.05, 3.63) is 78.9 Å². The molecule has 5 rings (SSSR count). The summed E-state index contributed by atoms with van der Waals surface area (Å²) < 4.78 is 21.9. The first-order valence-corrected chi connectivity index (χ1v) is 10.8. The maximum atomic E-state index is 14.7. The Bertz CT molecular complexity index is 1250. The van der Waals surface area contributed by atoms with Gasteiger partial charge in [-0.05, 0) is 24.1 Å².